The summed E-state index contributed by atoms with van der Waals surface area (Å²) in [6.45, 7) is 2.92. The molecule has 9 nitrogen and oxygen atoms in total. The van der Waals surface area contributed by atoms with Crippen LogP contribution in [0, 0.1) is 0 Å². The van der Waals surface area contributed by atoms with Crippen molar-refractivity contribution < 1.29 is 23.7 Å². The minimum absolute atomic E-state index is 0.210. The molecular formula is C24H26N4O5. The van der Waals surface area contributed by atoms with Gasteiger partial charge in [-0.25, -0.2) is 9.78 Å². The maximum Gasteiger partial charge on any atom is 0.414 e. The van der Waals surface area contributed by atoms with Crippen molar-refractivity contribution in [3.8, 4) is 17.4 Å². The van der Waals surface area contributed by atoms with Gasteiger partial charge in [0.2, 0.25) is 5.88 Å². The molecule has 0 spiro atoms. The first-order valence-electron chi connectivity index (χ1n) is 11.1. The predicted octanol–water partition coefficient (Wildman–Crippen LogP) is 2.96. The Kier molecular flexibility index (Phi) is 6.12. The standard InChI is InChI=1S/C24H26N4O5/c1-30-22-7-5-19-23(27-22)16(8-10-26-19)3-2-9-25-14-18-15-28(24(29)33-18)17-4-6-20-21(13-17)32-12-11-31-20/h4-8,10,13,18,25H,2-3,9,11-12,14-15H2,1H3. The number of rotatable bonds is 8. The van der Waals surface area contributed by atoms with E-state index in [-0.39, 0.29) is 12.2 Å². The first-order chi connectivity index (χ1) is 16.2. The lowest BCUT2D eigenvalue weighted by Gasteiger charge is -2.21. The molecule has 33 heavy (non-hydrogen) atoms. The van der Waals surface area contributed by atoms with Crippen molar-refractivity contribution in [2.75, 3.05) is 44.9 Å². The number of nitrogens with zero attached hydrogens (tertiary/aromatic N) is 3. The Morgan fingerprint density at radius 2 is 2.03 bits per heavy atom. The highest BCUT2D eigenvalue weighted by Gasteiger charge is 2.32. The number of amides is 1. The van der Waals surface area contributed by atoms with Crippen LogP contribution in [0.3, 0.4) is 0 Å². The Morgan fingerprint density at radius 3 is 2.91 bits per heavy atom. The summed E-state index contributed by atoms with van der Waals surface area (Å²) in [6.07, 6.45) is 3.04. The fraction of sp³-hybridized carbons (Fsp3) is 0.375. The Balaban J connectivity index is 1.11. The van der Waals surface area contributed by atoms with Gasteiger partial charge in [-0.2, -0.15) is 0 Å². The van der Waals surface area contributed by atoms with Gasteiger partial charge < -0.3 is 24.3 Å². The van der Waals surface area contributed by atoms with Crippen LogP contribution in [-0.4, -0.2) is 62.1 Å². The summed E-state index contributed by atoms with van der Waals surface area (Å²) in [4.78, 5) is 22.9. The molecule has 1 N–H and O–H groups in total. The molecule has 1 unspecified atom stereocenters. The molecule has 0 saturated carbocycles. The van der Waals surface area contributed by atoms with Gasteiger partial charge in [0.1, 0.15) is 19.3 Å². The average molecular weight is 450 g/mol. The van der Waals surface area contributed by atoms with Crippen LogP contribution in [0.4, 0.5) is 10.5 Å². The molecule has 0 radical (unpaired) electrons. The van der Waals surface area contributed by atoms with Gasteiger partial charge in [0.05, 0.1) is 30.4 Å². The number of cyclic esters (lactones) is 1. The molecule has 9 heteroatoms. The van der Waals surface area contributed by atoms with Gasteiger partial charge in [-0.05, 0) is 49.2 Å². The molecule has 1 saturated heterocycles. The summed E-state index contributed by atoms with van der Waals surface area (Å²) < 4.78 is 22.0. The van der Waals surface area contributed by atoms with Crippen molar-refractivity contribution in [1.29, 1.82) is 0 Å². The number of pyridine rings is 2. The molecule has 172 valence electrons. The number of hydrogen-bond donors (Lipinski definition) is 1. The van der Waals surface area contributed by atoms with Gasteiger partial charge in [0, 0.05) is 24.9 Å². The van der Waals surface area contributed by atoms with E-state index in [1.807, 2.05) is 42.6 Å². The number of anilines is 1. The zero-order chi connectivity index (χ0) is 22.6. The predicted molar refractivity (Wildman–Crippen MR) is 122 cm³/mol. The highest BCUT2D eigenvalue weighted by Crippen LogP contribution is 2.35. The van der Waals surface area contributed by atoms with Crippen LogP contribution in [0.1, 0.15) is 12.0 Å². The summed E-state index contributed by atoms with van der Waals surface area (Å²) >= 11 is 0. The van der Waals surface area contributed by atoms with Gasteiger partial charge in [-0.1, -0.05) is 0 Å². The lowest BCUT2D eigenvalue weighted by Crippen LogP contribution is -2.31. The van der Waals surface area contributed by atoms with E-state index in [9.17, 15) is 4.79 Å². The number of benzene rings is 1. The van der Waals surface area contributed by atoms with Crippen molar-refractivity contribution >= 4 is 22.8 Å². The normalized spacial score (nSPS) is 17.3. The minimum Gasteiger partial charge on any atom is -0.486 e. The molecule has 0 bridgehead atoms. The quantitative estimate of drug-likeness (QED) is 0.524. The molecule has 2 aliphatic rings. The van der Waals surface area contributed by atoms with E-state index < -0.39 is 0 Å². The molecule has 5 rings (SSSR count). The Labute approximate surface area is 191 Å². The molecule has 4 heterocycles. The monoisotopic (exact) mass is 450 g/mol. The molecule has 3 aromatic rings. The average Bonchev–Trinajstić information content (AvgIpc) is 3.23. The van der Waals surface area contributed by atoms with Crippen LogP contribution in [0.5, 0.6) is 17.4 Å². The summed E-state index contributed by atoms with van der Waals surface area (Å²) in [5.74, 6) is 1.94. The van der Waals surface area contributed by atoms with Gasteiger partial charge in [0.25, 0.3) is 0 Å². The lowest BCUT2D eigenvalue weighted by molar-refractivity contribution is 0.140. The van der Waals surface area contributed by atoms with Gasteiger partial charge in [0.15, 0.2) is 11.5 Å². The van der Waals surface area contributed by atoms with E-state index in [2.05, 4.69) is 15.3 Å². The van der Waals surface area contributed by atoms with Crippen LogP contribution >= 0.6 is 0 Å². The topological polar surface area (TPSA) is 95.0 Å². The molecule has 1 atom stereocenters. The second-order valence-corrected chi connectivity index (χ2v) is 7.94. The third-order valence-electron chi connectivity index (χ3n) is 5.73. The van der Waals surface area contributed by atoms with Crippen LogP contribution in [0.2, 0.25) is 0 Å². The second-order valence-electron chi connectivity index (χ2n) is 7.94. The van der Waals surface area contributed by atoms with Crippen molar-refractivity contribution in [3.05, 3.63) is 48.2 Å². The number of nitrogens with one attached hydrogen (secondary N) is 1. The summed E-state index contributed by atoms with van der Waals surface area (Å²) in [6, 6.07) is 11.2. The molecule has 1 amide bonds. The number of hydrogen-bond acceptors (Lipinski definition) is 8. The Morgan fingerprint density at radius 1 is 1.15 bits per heavy atom. The van der Waals surface area contributed by atoms with Gasteiger partial charge in [-0.15, -0.1) is 0 Å². The first-order valence-corrected chi connectivity index (χ1v) is 11.1. The van der Waals surface area contributed by atoms with E-state index in [4.69, 9.17) is 18.9 Å². The molecule has 1 fully saturated rings. The Hall–Kier alpha value is -3.59. The summed E-state index contributed by atoms with van der Waals surface area (Å²) in [5.41, 5.74) is 3.62. The van der Waals surface area contributed by atoms with Gasteiger partial charge >= 0.3 is 6.09 Å². The largest absolute Gasteiger partial charge is 0.486 e. The maximum absolute atomic E-state index is 12.4. The second kappa shape index (κ2) is 9.50. The number of methoxy groups -OCH3 is 1. The van der Waals surface area contributed by atoms with Crippen LogP contribution in [0.25, 0.3) is 11.0 Å². The van der Waals surface area contributed by atoms with Crippen molar-refractivity contribution in [2.24, 2.45) is 0 Å². The number of aromatic nitrogens is 2. The molecule has 1 aromatic carbocycles. The SMILES string of the molecule is COc1ccc2nccc(CCCNCC3CN(c4ccc5c(c4)OCCO5)C(=O)O3)c2n1. The van der Waals surface area contributed by atoms with E-state index in [1.54, 1.807) is 12.0 Å². The zero-order valence-corrected chi connectivity index (χ0v) is 18.5. The number of ether oxygens (including phenoxy) is 4. The molecule has 0 aliphatic carbocycles. The lowest BCUT2D eigenvalue weighted by atomic mass is 10.1. The van der Waals surface area contributed by atoms with Crippen LogP contribution in [-0.2, 0) is 11.2 Å². The molecule has 2 aromatic heterocycles. The highest BCUT2D eigenvalue weighted by atomic mass is 16.6. The molecular weight excluding hydrogens is 424 g/mol. The fourth-order valence-corrected chi connectivity index (χ4v) is 4.08. The molecule has 2 aliphatic heterocycles. The number of fused-ring (bicyclic) bond motifs is 2. The minimum atomic E-state index is -0.346. The summed E-state index contributed by atoms with van der Waals surface area (Å²) in [5, 5.41) is 3.40. The van der Waals surface area contributed by atoms with E-state index in [0.29, 0.717) is 43.7 Å². The smallest absolute Gasteiger partial charge is 0.414 e. The van der Waals surface area contributed by atoms with Crippen molar-refractivity contribution in [3.63, 3.8) is 0 Å². The van der Waals surface area contributed by atoms with Crippen molar-refractivity contribution in [1.82, 2.24) is 15.3 Å². The maximum atomic E-state index is 12.4. The Bertz CT molecular complexity index is 1150. The number of carbonyl (C=O) groups excluding carboxylic acids is 1. The van der Waals surface area contributed by atoms with Crippen LogP contribution < -0.4 is 24.4 Å². The third-order valence-corrected chi connectivity index (χ3v) is 5.73. The fourth-order valence-electron chi connectivity index (χ4n) is 4.08. The zero-order valence-electron chi connectivity index (χ0n) is 18.5. The first kappa shape index (κ1) is 21.3. The van der Waals surface area contributed by atoms with Crippen LogP contribution in [0.15, 0.2) is 42.6 Å². The number of aryl methyl sites for hydroxylation is 1. The summed E-state index contributed by atoms with van der Waals surface area (Å²) in [7, 11) is 1.61. The highest BCUT2D eigenvalue weighted by molar-refractivity contribution is 5.90. The van der Waals surface area contributed by atoms with E-state index in [1.165, 1.54) is 0 Å². The van der Waals surface area contributed by atoms with Crippen molar-refractivity contribution in [2.45, 2.75) is 18.9 Å². The van der Waals surface area contributed by atoms with E-state index >= 15 is 0 Å². The number of carbonyl (C=O) groups is 1. The van der Waals surface area contributed by atoms with E-state index in [0.717, 1.165) is 41.7 Å². The van der Waals surface area contributed by atoms with Gasteiger partial charge in [-0.3, -0.25) is 9.88 Å². The third kappa shape index (κ3) is 4.63.